The molecule has 0 aliphatic heterocycles. The number of aromatic nitrogens is 2. The highest BCUT2D eigenvalue weighted by Crippen LogP contribution is 2.33. The summed E-state index contributed by atoms with van der Waals surface area (Å²) < 4.78 is 1.12. The maximum atomic E-state index is 4.78. The maximum Gasteiger partial charge on any atom is 0.0702 e. The van der Waals surface area contributed by atoms with Crippen molar-refractivity contribution in [2.24, 2.45) is 0 Å². The van der Waals surface area contributed by atoms with Crippen molar-refractivity contribution in [3.05, 3.63) is 142 Å². The van der Waals surface area contributed by atoms with Crippen molar-refractivity contribution in [1.82, 2.24) is 9.97 Å². The van der Waals surface area contributed by atoms with E-state index < -0.39 is 0 Å². The third-order valence-electron chi connectivity index (χ3n) is 7.54. The molecule has 5 rings (SSSR count). The molecule has 0 aliphatic rings. The van der Waals surface area contributed by atoms with E-state index in [1.165, 1.54) is 22.3 Å². The minimum absolute atomic E-state index is 0.0486. The van der Waals surface area contributed by atoms with Gasteiger partial charge in [0.25, 0.3) is 0 Å². The molecule has 0 N–H and O–H groups in total. The number of hydrogen-bond donors (Lipinski definition) is 0. The first-order valence-electron chi connectivity index (χ1n) is 13.5. The Bertz CT molecular complexity index is 1410. The van der Waals surface area contributed by atoms with Crippen molar-refractivity contribution in [1.29, 1.82) is 0 Å². The number of benzene rings is 3. The molecule has 0 saturated carbocycles. The third kappa shape index (κ3) is 6.54. The van der Waals surface area contributed by atoms with Crippen molar-refractivity contribution in [3.63, 3.8) is 0 Å². The third-order valence-corrected chi connectivity index (χ3v) is 8.00. The van der Waals surface area contributed by atoms with Crippen molar-refractivity contribution < 1.29 is 0 Å². The smallest absolute Gasteiger partial charge is 0.0702 e. The Hall–Kier alpha value is -3.56. The van der Waals surface area contributed by atoms with Crippen LogP contribution < -0.4 is 0 Å². The molecule has 3 aromatic carbocycles. The highest BCUT2D eigenvalue weighted by molar-refractivity contribution is 9.10. The average Bonchev–Trinajstić information content (AvgIpc) is 2.93. The first-order valence-corrected chi connectivity index (χ1v) is 14.3. The van der Waals surface area contributed by atoms with Gasteiger partial charge in [-0.3, -0.25) is 9.97 Å². The number of halogens is 1. The van der Waals surface area contributed by atoms with Gasteiger partial charge in [-0.05, 0) is 70.2 Å². The minimum Gasteiger partial charge on any atom is -0.256 e. The van der Waals surface area contributed by atoms with E-state index in [9.17, 15) is 0 Å². The summed E-state index contributed by atoms with van der Waals surface area (Å²) >= 11 is 3.79. The van der Waals surface area contributed by atoms with Crippen LogP contribution in [0.25, 0.3) is 22.5 Å². The summed E-state index contributed by atoms with van der Waals surface area (Å²) in [5.41, 5.74) is 9.34. The molecule has 196 valence electrons. The molecule has 2 heterocycles. The number of pyridine rings is 2. The van der Waals surface area contributed by atoms with Gasteiger partial charge in [0.2, 0.25) is 0 Å². The van der Waals surface area contributed by atoms with E-state index >= 15 is 0 Å². The first-order chi connectivity index (χ1) is 18.7. The fourth-order valence-electron chi connectivity index (χ4n) is 5.29. The van der Waals surface area contributed by atoms with Crippen LogP contribution in [0.4, 0.5) is 0 Å². The lowest BCUT2D eigenvalue weighted by Crippen LogP contribution is -2.22. The van der Waals surface area contributed by atoms with Crippen LogP contribution in [0.1, 0.15) is 49.9 Å². The van der Waals surface area contributed by atoms with Gasteiger partial charge in [-0.2, -0.15) is 0 Å². The summed E-state index contributed by atoms with van der Waals surface area (Å²) in [7, 11) is 0. The second-order valence-electron chi connectivity index (χ2n) is 11.7. The van der Waals surface area contributed by atoms with Crippen LogP contribution in [0.15, 0.2) is 120 Å². The molecule has 0 bridgehead atoms. The molecule has 0 fully saturated rings. The Morgan fingerprint density at radius 2 is 0.949 bits per heavy atom. The lowest BCUT2D eigenvalue weighted by molar-refractivity contribution is 0.513. The lowest BCUT2D eigenvalue weighted by atomic mass is 9.77. The highest BCUT2D eigenvalue weighted by atomic mass is 79.9. The molecule has 0 atom stereocenters. The molecule has 0 saturated heterocycles. The van der Waals surface area contributed by atoms with Gasteiger partial charge in [0.05, 0.1) is 11.4 Å². The van der Waals surface area contributed by atoms with Crippen molar-refractivity contribution in [2.45, 2.75) is 51.4 Å². The fourth-order valence-corrected chi connectivity index (χ4v) is 5.88. The minimum atomic E-state index is -0.0486. The van der Waals surface area contributed by atoms with Gasteiger partial charge in [-0.1, -0.05) is 122 Å². The quantitative estimate of drug-likeness (QED) is 0.184. The highest BCUT2D eigenvalue weighted by Gasteiger charge is 2.25. The molecular formula is C36H35BrN2. The zero-order chi connectivity index (χ0) is 27.5. The second-order valence-corrected chi connectivity index (χ2v) is 12.6. The SMILES string of the molecule is CC(C)(Cc1cc(Br)cc(CC(C)(C)c2ccc(-c3ccccc3)nc2)c1)c1ccc(-c2ccccc2)nc1. The summed E-state index contributed by atoms with van der Waals surface area (Å²) in [6.07, 6.45) is 5.94. The Balaban J connectivity index is 1.32. The van der Waals surface area contributed by atoms with Gasteiger partial charge in [0.15, 0.2) is 0 Å². The molecular weight excluding hydrogens is 540 g/mol. The number of nitrogens with zero attached hydrogens (tertiary/aromatic N) is 2. The fraction of sp³-hybridized carbons (Fsp3) is 0.222. The lowest BCUT2D eigenvalue weighted by Gasteiger charge is -2.28. The number of hydrogen-bond acceptors (Lipinski definition) is 2. The summed E-state index contributed by atoms with van der Waals surface area (Å²) in [5, 5.41) is 0. The van der Waals surface area contributed by atoms with E-state index in [0.29, 0.717) is 0 Å². The van der Waals surface area contributed by atoms with Gasteiger partial charge in [0.1, 0.15) is 0 Å². The van der Waals surface area contributed by atoms with Crippen molar-refractivity contribution in [3.8, 4) is 22.5 Å². The molecule has 39 heavy (non-hydrogen) atoms. The molecule has 0 aliphatic carbocycles. The van der Waals surface area contributed by atoms with Gasteiger partial charge >= 0.3 is 0 Å². The Morgan fingerprint density at radius 1 is 0.538 bits per heavy atom. The molecule has 3 heteroatoms. The van der Waals surface area contributed by atoms with Crippen LogP contribution in [-0.2, 0) is 23.7 Å². The van der Waals surface area contributed by atoms with Crippen LogP contribution in [0.5, 0.6) is 0 Å². The summed E-state index contributed by atoms with van der Waals surface area (Å²) in [5.74, 6) is 0. The Labute approximate surface area is 241 Å². The molecule has 5 aromatic rings. The monoisotopic (exact) mass is 574 g/mol. The van der Waals surface area contributed by atoms with Crippen LogP contribution in [0.2, 0.25) is 0 Å². The van der Waals surface area contributed by atoms with E-state index in [-0.39, 0.29) is 10.8 Å². The van der Waals surface area contributed by atoms with Gasteiger partial charge in [-0.15, -0.1) is 0 Å². The predicted molar refractivity (Wildman–Crippen MR) is 167 cm³/mol. The summed E-state index contributed by atoms with van der Waals surface area (Å²) in [6.45, 7) is 9.21. The van der Waals surface area contributed by atoms with Gasteiger partial charge in [-0.25, -0.2) is 0 Å². The molecule has 0 unspecified atom stereocenters. The first kappa shape index (κ1) is 27.0. The maximum absolute atomic E-state index is 4.78. The van der Waals surface area contributed by atoms with Crippen molar-refractivity contribution in [2.75, 3.05) is 0 Å². The summed E-state index contributed by atoms with van der Waals surface area (Å²) in [4.78, 5) is 9.57. The Kier molecular flexibility index (Phi) is 7.81. The number of rotatable bonds is 8. The van der Waals surface area contributed by atoms with Crippen molar-refractivity contribution >= 4 is 15.9 Å². The van der Waals surface area contributed by atoms with Crippen LogP contribution in [0, 0.1) is 0 Å². The predicted octanol–water partition coefficient (Wildman–Crippen LogP) is 9.61. The largest absolute Gasteiger partial charge is 0.256 e. The molecule has 2 nitrogen and oxygen atoms in total. The normalized spacial score (nSPS) is 11.9. The molecule has 2 aromatic heterocycles. The van der Waals surface area contributed by atoms with Gasteiger partial charge < -0.3 is 0 Å². The summed E-state index contributed by atoms with van der Waals surface area (Å²) in [6, 6.07) is 36.3. The standard InChI is InChI=1S/C36H35BrN2/c1-35(2,30-15-17-33(38-24-30)28-11-7-5-8-12-28)22-26-19-27(21-32(37)20-26)23-36(3,4)31-16-18-34(39-25-31)29-13-9-6-10-14-29/h5-21,24-25H,22-23H2,1-4H3. The zero-order valence-corrected chi connectivity index (χ0v) is 24.7. The molecule has 0 spiro atoms. The van der Waals surface area contributed by atoms with Crippen LogP contribution >= 0.6 is 15.9 Å². The van der Waals surface area contributed by atoms with Gasteiger partial charge in [0, 0.05) is 28.0 Å². The van der Waals surface area contributed by atoms with E-state index in [2.05, 4.69) is 135 Å². The topological polar surface area (TPSA) is 25.8 Å². The van der Waals surface area contributed by atoms with E-state index in [4.69, 9.17) is 9.97 Å². The molecule has 0 radical (unpaired) electrons. The Morgan fingerprint density at radius 3 is 1.31 bits per heavy atom. The van der Waals surface area contributed by atoms with E-state index in [1.54, 1.807) is 0 Å². The van der Waals surface area contributed by atoms with Crippen LogP contribution in [-0.4, -0.2) is 9.97 Å². The molecule has 0 amide bonds. The van der Waals surface area contributed by atoms with E-state index in [1.807, 2.05) is 24.5 Å². The second kappa shape index (κ2) is 11.3. The zero-order valence-electron chi connectivity index (χ0n) is 23.2. The van der Waals surface area contributed by atoms with Crippen LogP contribution in [0.3, 0.4) is 0 Å². The average molecular weight is 576 g/mol. The van der Waals surface area contributed by atoms with E-state index in [0.717, 1.165) is 39.8 Å².